The third-order valence-electron chi connectivity index (χ3n) is 4.68. The molecule has 0 fully saturated rings. The fourth-order valence-corrected chi connectivity index (χ4v) is 3.22. The summed E-state index contributed by atoms with van der Waals surface area (Å²) in [6.07, 6.45) is -0.641. The molecule has 0 unspecified atom stereocenters. The Hall–Kier alpha value is -4.21. The Morgan fingerprint density at radius 2 is 1.32 bits per heavy atom. The molecule has 2 aromatic rings. The molecule has 1 aliphatic heterocycles. The van der Waals surface area contributed by atoms with Crippen LogP contribution < -0.4 is 16.0 Å². The smallest absolute Gasteiger partial charge is 0.407 e. The number of hydrogen-bond acceptors (Lipinski definition) is 6. The van der Waals surface area contributed by atoms with Gasteiger partial charge in [0.25, 0.3) is 11.8 Å². The molecule has 0 saturated heterocycles. The van der Waals surface area contributed by atoms with Crippen molar-refractivity contribution in [3.63, 3.8) is 0 Å². The molecule has 3 rings (SSSR count). The quantitative estimate of drug-likeness (QED) is 0.537. The molecule has 10 nitrogen and oxygen atoms in total. The predicted molar refractivity (Wildman–Crippen MR) is 124 cm³/mol. The lowest BCUT2D eigenvalue weighted by Gasteiger charge is -2.19. The molecule has 0 radical (unpaired) electrons. The minimum absolute atomic E-state index is 0.0173. The standard InChI is InChI=1S/C24H26N4O6/c1-24(2,3)34-23(33)25-13-12-19(29)26-17-10-6-7-11-18(17)27-20(30)14-28-21(31)15-8-4-5-9-16(15)22(28)32/h4-11H,12-14H2,1-3H3,(H,25,33)(H,26,29)(H,27,30). The number of para-hydroxylation sites is 2. The summed E-state index contributed by atoms with van der Waals surface area (Å²) in [5, 5.41) is 7.79. The summed E-state index contributed by atoms with van der Waals surface area (Å²) in [6.45, 7) is 4.81. The van der Waals surface area contributed by atoms with Gasteiger partial charge in [-0.1, -0.05) is 24.3 Å². The van der Waals surface area contributed by atoms with Crippen molar-refractivity contribution in [2.45, 2.75) is 32.8 Å². The molecule has 1 heterocycles. The number of carbonyl (C=O) groups is 5. The summed E-state index contributed by atoms with van der Waals surface area (Å²) in [4.78, 5) is 62.3. The van der Waals surface area contributed by atoms with Gasteiger partial charge in [-0.2, -0.15) is 0 Å². The van der Waals surface area contributed by atoms with Gasteiger partial charge in [0.1, 0.15) is 12.1 Å². The number of benzene rings is 2. The number of carbonyl (C=O) groups excluding carboxylic acids is 5. The number of rotatable bonds is 7. The third-order valence-corrected chi connectivity index (χ3v) is 4.68. The number of amides is 5. The van der Waals surface area contributed by atoms with E-state index in [9.17, 15) is 24.0 Å². The van der Waals surface area contributed by atoms with Crippen molar-refractivity contribution in [2.75, 3.05) is 23.7 Å². The van der Waals surface area contributed by atoms with Crippen LogP contribution in [0.15, 0.2) is 48.5 Å². The zero-order valence-electron chi connectivity index (χ0n) is 19.1. The van der Waals surface area contributed by atoms with Crippen LogP contribution in [0.5, 0.6) is 0 Å². The van der Waals surface area contributed by atoms with Gasteiger partial charge in [0.2, 0.25) is 11.8 Å². The van der Waals surface area contributed by atoms with Gasteiger partial charge in [0.05, 0.1) is 22.5 Å². The first-order chi connectivity index (χ1) is 16.0. The molecule has 2 aromatic carbocycles. The van der Waals surface area contributed by atoms with Crippen molar-refractivity contribution in [1.29, 1.82) is 0 Å². The zero-order chi connectivity index (χ0) is 24.9. The first-order valence-corrected chi connectivity index (χ1v) is 10.7. The topological polar surface area (TPSA) is 134 Å². The van der Waals surface area contributed by atoms with E-state index in [-0.39, 0.29) is 24.1 Å². The highest BCUT2D eigenvalue weighted by molar-refractivity contribution is 6.22. The second kappa shape index (κ2) is 10.2. The number of imide groups is 1. The lowest BCUT2D eigenvalue weighted by molar-refractivity contribution is -0.117. The van der Waals surface area contributed by atoms with Crippen LogP contribution >= 0.6 is 0 Å². The molecular formula is C24H26N4O6. The lowest BCUT2D eigenvalue weighted by Crippen LogP contribution is -2.37. The average molecular weight is 466 g/mol. The Morgan fingerprint density at radius 1 is 0.824 bits per heavy atom. The Labute approximate surface area is 196 Å². The van der Waals surface area contributed by atoms with E-state index in [0.29, 0.717) is 11.4 Å². The van der Waals surface area contributed by atoms with E-state index >= 15 is 0 Å². The minimum Gasteiger partial charge on any atom is -0.444 e. The van der Waals surface area contributed by atoms with Gasteiger partial charge in [-0.3, -0.25) is 24.1 Å². The number of anilines is 2. The Balaban J connectivity index is 1.55. The largest absolute Gasteiger partial charge is 0.444 e. The third kappa shape index (κ3) is 6.18. The van der Waals surface area contributed by atoms with Gasteiger partial charge in [-0.15, -0.1) is 0 Å². The van der Waals surface area contributed by atoms with Gasteiger partial charge in [-0.25, -0.2) is 4.79 Å². The van der Waals surface area contributed by atoms with Crippen LogP contribution in [0.3, 0.4) is 0 Å². The summed E-state index contributed by atoms with van der Waals surface area (Å²) in [7, 11) is 0. The molecule has 10 heteroatoms. The lowest BCUT2D eigenvalue weighted by atomic mass is 10.1. The molecule has 0 aromatic heterocycles. The van der Waals surface area contributed by atoms with Gasteiger partial charge in [-0.05, 0) is 45.0 Å². The molecule has 1 aliphatic rings. The summed E-state index contributed by atoms with van der Waals surface area (Å²) in [5.74, 6) is -2.05. The van der Waals surface area contributed by atoms with Crippen molar-refractivity contribution >= 4 is 41.1 Å². The van der Waals surface area contributed by atoms with E-state index in [1.165, 1.54) is 12.1 Å². The number of ether oxygens (including phenoxy) is 1. The SMILES string of the molecule is CC(C)(C)OC(=O)NCCC(=O)Nc1ccccc1NC(=O)CN1C(=O)c2ccccc2C1=O. The van der Waals surface area contributed by atoms with Gasteiger partial charge in [0, 0.05) is 13.0 Å². The van der Waals surface area contributed by atoms with Crippen molar-refractivity contribution in [2.24, 2.45) is 0 Å². The van der Waals surface area contributed by atoms with Crippen LogP contribution in [0.4, 0.5) is 16.2 Å². The summed E-state index contributed by atoms with van der Waals surface area (Å²) in [5.41, 5.74) is 0.510. The maximum Gasteiger partial charge on any atom is 0.407 e. The molecular weight excluding hydrogens is 440 g/mol. The van der Waals surface area contributed by atoms with Gasteiger partial charge >= 0.3 is 6.09 Å². The van der Waals surface area contributed by atoms with Crippen LogP contribution in [-0.2, 0) is 14.3 Å². The van der Waals surface area contributed by atoms with Crippen LogP contribution in [0.25, 0.3) is 0 Å². The number of nitrogens with zero attached hydrogens (tertiary/aromatic N) is 1. The Bertz CT molecular complexity index is 1100. The fraction of sp³-hybridized carbons (Fsp3) is 0.292. The van der Waals surface area contributed by atoms with E-state index in [1.54, 1.807) is 57.2 Å². The molecule has 5 amide bonds. The average Bonchev–Trinajstić information content (AvgIpc) is 2.99. The number of alkyl carbamates (subject to hydrolysis) is 1. The molecule has 0 atom stereocenters. The van der Waals surface area contributed by atoms with Gasteiger partial charge < -0.3 is 20.7 Å². The van der Waals surface area contributed by atoms with Gasteiger partial charge in [0.15, 0.2) is 0 Å². The Morgan fingerprint density at radius 3 is 1.85 bits per heavy atom. The maximum absolute atomic E-state index is 12.6. The van der Waals surface area contributed by atoms with Crippen LogP contribution in [0.2, 0.25) is 0 Å². The molecule has 0 bridgehead atoms. The number of nitrogens with one attached hydrogen (secondary N) is 3. The van der Waals surface area contributed by atoms with Crippen LogP contribution in [-0.4, -0.2) is 53.3 Å². The van der Waals surface area contributed by atoms with E-state index in [0.717, 1.165) is 4.90 Å². The number of fused-ring (bicyclic) bond motifs is 1. The first kappa shape index (κ1) is 24.4. The molecule has 178 valence electrons. The molecule has 0 spiro atoms. The van der Waals surface area contributed by atoms with E-state index < -0.39 is 41.9 Å². The van der Waals surface area contributed by atoms with Crippen LogP contribution in [0, 0.1) is 0 Å². The molecule has 3 N–H and O–H groups in total. The summed E-state index contributed by atoms with van der Waals surface area (Å²) < 4.78 is 5.11. The first-order valence-electron chi connectivity index (χ1n) is 10.7. The predicted octanol–water partition coefficient (Wildman–Crippen LogP) is 2.77. The fourth-order valence-electron chi connectivity index (χ4n) is 3.22. The van der Waals surface area contributed by atoms with E-state index in [4.69, 9.17) is 4.74 Å². The zero-order valence-corrected chi connectivity index (χ0v) is 19.1. The van der Waals surface area contributed by atoms with Crippen molar-refractivity contribution in [3.05, 3.63) is 59.7 Å². The number of hydrogen-bond donors (Lipinski definition) is 3. The second-order valence-corrected chi connectivity index (χ2v) is 8.56. The van der Waals surface area contributed by atoms with E-state index in [2.05, 4.69) is 16.0 Å². The second-order valence-electron chi connectivity index (χ2n) is 8.56. The van der Waals surface area contributed by atoms with Crippen molar-refractivity contribution in [1.82, 2.24) is 10.2 Å². The molecule has 0 saturated carbocycles. The monoisotopic (exact) mass is 466 g/mol. The summed E-state index contributed by atoms with van der Waals surface area (Å²) >= 11 is 0. The highest BCUT2D eigenvalue weighted by Gasteiger charge is 2.36. The highest BCUT2D eigenvalue weighted by atomic mass is 16.6. The summed E-state index contributed by atoms with van der Waals surface area (Å²) in [6, 6.07) is 12.9. The van der Waals surface area contributed by atoms with Crippen molar-refractivity contribution < 1.29 is 28.7 Å². The van der Waals surface area contributed by atoms with Crippen LogP contribution in [0.1, 0.15) is 47.9 Å². The van der Waals surface area contributed by atoms with Crippen molar-refractivity contribution in [3.8, 4) is 0 Å². The molecule has 34 heavy (non-hydrogen) atoms. The minimum atomic E-state index is -0.642. The normalized spacial score (nSPS) is 12.7. The highest BCUT2D eigenvalue weighted by Crippen LogP contribution is 2.24. The maximum atomic E-state index is 12.6. The van der Waals surface area contributed by atoms with E-state index in [1.807, 2.05) is 0 Å². The Kier molecular flexibility index (Phi) is 7.30. The molecule has 0 aliphatic carbocycles.